The van der Waals surface area contributed by atoms with Crippen LogP contribution in [0.25, 0.3) is 10.1 Å². The van der Waals surface area contributed by atoms with Crippen molar-refractivity contribution in [3.8, 4) is 11.8 Å². The zero-order valence-corrected chi connectivity index (χ0v) is 8.14. The summed E-state index contributed by atoms with van der Waals surface area (Å²) < 4.78 is 0.924. The van der Waals surface area contributed by atoms with E-state index in [0.717, 1.165) is 15.6 Å². The van der Waals surface area contributed by atoms with Gasteiger partial charge >= 0.3 is 0 Å². The number of benzene rings is 1. The van der Waals surface area contributed by atoms with E-state index in [2.05, 4.69) is 6.07 Å². The van der Waals surface area contributed by atoms with Gasteiger partial charge in [0.05, 0.1) is 17.5 Å². The van der Waals surface area contributed by atoms with Gasteiger partial charge in [0.15, 0.2) is 0 Å². The third-order valence-electron chi connectivity index (χ3n) is 2.00. The first kappa shape index (κ1) is 8.85. The molecular weight excluding hydrogens is 196 g/mol. The molecule has 0 bridgehead atoms. The molecule has 0 aliphatic heterocycles. The fraction of sp³-hybridized carbons (Fsp3) is 0.100. The monoisotopic (exact) mass is 204 g/mol. The number of hydrogen-bond acceptors (Lipinski definition) is 4. The molecule has 0 saturated carbocycles. The molecule has 1 aromatic carbocycles. The van der Waals surface area contributed by atoms with E-state index in [9.17, 15) is 5.11 Å². The quantitative estimate of drug-likeness (QED) is 0.748. The highest BCUT2D eigenvalue weighted by Gasteiger charge is 2.06. The number of fused-ring (bicyclic) bond motifs is 1. The van der Waals surface area contributed by atoms with Gasteiger partial charge in [-0.1, -0.05) is 0 Å². The van der Waals surface area contributed by atoms with Crippen LogP contribution in [0.1, 0.15) is 5.56 Å². The van der Waals surface area contributed by atoms with Crippen molar-refractivity contribution >= 4 is 26.4 Å². The van der Waals surface area contributed by atoms with Gasteiger partial charge in [-0.25, -0.2) is 0 Å². The van der Waals surface area contributed by atoms with E-state index in [4.69, 9.17) is 11.0 Å². The van der Waals surface area contributed by atoms with Crippen LogP contribution in [0.2, 0.25) is 0 Å². The number of aromatic hydroxyl groups is 1. The number of thiophene rings is 1. The molecule has 3 N–H and O–H groups in total. The first-order chi connectivity index (χ1) is 6.70. The lowest BCUT2D eigenvalue weighted by Crippen LogP contribution is -1.82. The van der Waals surface area contributed by atoms with Crippen LogP contribution in [0.4, 0.5) is 5.00 Å². The van der Waals surface area contributed by atoms with Crippen LogP contribution in [0.15, 0.2) is 18.2 Å². The van der Waals surface area contributed by atoms with Crippen molar-refractivity contribution < 1.29 is 5.11 Å². The van der Waals surface area contributed by atoms with E-state index < -0.39 is 0 Å². The van der Waals surface area contributed by atoms with Gasteiger partial charge in [0.25, 0.3) is 0 Å². The summed E-state index contributed by atoms with van der Waals surface area (Å²) in [5.74, 6) is 0.185. The molecule has 0 fully saturated rings. The fourth-order valence-corrected chi connectivity index (χ4v) is 2.36. The molecule has 0 aliphatic rings. The average Bonchev–Trinajstić information content (AvgIpc) is 2.45. The lowest BCUT2D eigenvalue weighted by molar-refractivity contribution is 0.476. The number of hydrogen-bond donors (Lipinski definition) is 2. The smallest absolute Gasteiger partial charge is 0.117 e. The highest BCUT2D eigenvalue weighted by Crippen LogP contribution is 2.33. The van der Waals surface area contributed by atoms with Crippen LogP contribution in [0.5, 0.6) is 5.75 Å². The third kappa shape index (κ3) is 1.38. The molecule has 70 valence electrons. The van der Waals surface area contributed by atoms with Crippen LogP contribution in [-0.4, -0.2) is 5.11 Å². The maximum absolute atomic E-state index is 9.40. The van der Waals surface area contributed by atoms with E-state index in [1.54, 1.807) is 12.1 Å². The summed E-state index contributed by atoms with van der Waals surface area (Å²) in [6, 6.07) is 7.18. The molecule has 0 unspecified atom stereocenters. The van der Waals surface area contributed by atoms with E-state index >= 15 is 0 Å². The Balaban J connectivity index is 2.74. The van der Waals surface area contributed by atoms with E-state index in [-0.39, 0.29) is 5.75 Å². The largest absolute Gasteiger partial charge is 0.508 e. The van der Waals surface area contributed by atoms with Crippen molar-refractivity contribution in [2.75, 3.05) is 5.73 Å². The van der Waals surface area contributed by atoms with E-state index in [1.807, 2.05) is 6.07 Å². The second-order valence-corrected chi connectivity index (χ2v) is 4.12. The standard InChI is InChI=1S/C10H8N2OS/c11-2-1-6-3-7(13)4-9-8(6)5-10(12)14-9/h3-5,13H,1,12H2. The minimum atomic E-state index is 0.185. The predicted octanol–water partition coefficient (Wildman–Crippen LogP) is 2.26. The second kappa shape index (κ2) is 3.20. The van der Waals surface area contributed by atoms with Gasteiger partial charge in [0.2, 0.25) is 0 Å². The fourth-order valence-electron chi connectivity index (χ4n) is 1.45. The first-order valence-electron chi connectivity index (χ1n) is 4.08. The summed E-state index contributed by atoms with van der Waals surface area (Å²) >= 11 is 1.41. The zero-order valence-electron chi connectivity index (χ0n) is 7.32. The van der Waals surface area contributed by atoms with Gasteiger partial charge in [-0.3, -0.25) is 0 Å². The molecule has 0 radical (unpaired) electrons. The Bertz CT molecular complexity index is 525. The van der Waals surface area contributed by atoms with Crippen LogP contribution in [0, 0.1) is 11.3 Å². The molecule has 0 spiro atoms. The normalized spacial score (nSPS) is 10.2. The summed E-state index contributed by atoms with van der Waals surface area (Å²) in [7, 11) is 0. The molecule has 1 heterocycles. The molecule has 0 aliphatic carbocycles. The Morgan fingerprint density at radius 3 is 2.93 bits per heavy atom. The topological polar surface area (TPSA) is 70.0 Å². The van der Waals surface area contributed by atoms with Gasteiger partial charge in [-0.05, 0) is 29.1 Å². The lowest BCUT2D eigenvalue weighted by atomic mass is 10.1. The Labute approximate surface area is 85.0 Å². The first-order valence-corrected chi connectivity index (χ1v) is 4.90. The van der Waals surface area contributed by atoms with Crippen molar-refractivity contribution in [3.05, 3.63) is 23.8 Å². The maximum atomic E-state index is 9.40. The number of nitriles is 1. The van der Waals surface area contributed by atoms with Gasteiger partial charge < -0.3 is 10.8 Å². The highest BCUT2D eigenvalue weighted by molar-refractivity contribution is 7.22. The summed E-state index contributed by atoms with van der Waals surface area (Å²) in [5, 5.41) is 19.7. The van der Waals surface area contributed by atoms with Crippen molar-refractivity contribution in [2.45, 2.75) is 6.42 Å². The van der Waals surface area contributed by atoms with Gasteiger partial charge in [-0.2, -0.15) is 5.26 Å². The zero-order chi connectivity index (χ0) is 10.1. The molecule has 14 heavy (non-hydrogen) atoms. The van der Waals surface area contributed by atoms with Crippen molar-refractivity contribution in [3.63, 3.8) is 0 Å². The summed E-state index contributed by atoms with van der Waals surface area (Å²) in [6.45, 7) is 0. The van der Waals surface area contributed by atoms with Gasteiger partial charge in [0.1, 0.15) is 5.75 Å². The van der Waals surface area contributed by atoms with Gasteiger partial charge in [0, 0.05) is 4.70 Å². The Morgan fingerprint density at radius 1 is 1.43 bits per heavy atom. The van der Waals surface area contributed by atoms with Crippen molar-refractivity contribution in [2.24, 2.45) is 0 Å². The second-order valence-electron chi connectivity index (χ2n) is 3.00. The predicted molar refractivity (Wildman–Crippen MR) is 57.2 cm³/mol. The number of nitrogens with two attached hydrogens (primary N) is 1. The lowest BCUT2D eigenvalue weighted by Gasteiger charge is -1.98. The van der Waals surface area contributed by atoms with Crippen LogP contribution in [0.3, 0.4) is 0 Å². The molecule has 0 saturated heterocycles. The molecule has 0 amide bonds. The Morgan fingerprint density at radius 2 is 2.21 bits per heavy atom. The summed E-state index contributed by atoms with van der Waals surface area (Å²) in [4.78, 5) is 0. The average molecular weight is 204 g/mol. The van der Waals surface area contributed by atoms with Gasteiger partial charge in [-0.15, -0.1) is 11.3 Å². The third-order valence-corrected chi connectivity index (χ3v) is 2.91. The number of nitrogens with zero attached hydrogens (tertiary/aromatic N) is 1. The minimum absolute atomic E-state index is 0.185. The van der Waals surface area contributed by atoms with Crippen LogP contribution < -0.4 is 5.73 Å². The Kier molecular flexibility index (Phi) is 2.02. The molecule has 3 nitrogen and oxygen atoms in total. The molecule has 4 heteroatoms. The number of nitrogen functional groups attached to an aromatic ring is 1. The van der Waals surface area contributed by atoms with E-state index in [1.165, 1.54) is 11.3 Å². The summed E-state index contributed by atoms with van der Waals surface area (Å²) in [5.41, 5.74) is 6.49. The van der Waals surface area contributed by atoms with E-state index in [0.29, 0.717) is 11.4 Å². The Hall–Kier alpha value is -1.73. The molecular formula is C10H8N2OS. The number of anilines is 1. The number of rotatable bonds is 1. The highest BCUT2D eigenvalue weighted by atomic mass is 32.1. The molecule has 2 rings (SSSR count). The number of phenols is 1. The molecule has 2 aromatic rings. The van der Waals surface area contributed by atoms with Crippen LogP contribution >= 0.6 is 11.3 Å². The number of phenolic OH excluding ortho intramolecular Hbond substituents is 1. The van der Waals surface area contributed by atoms with Crippen LogP contribution in [-0.2, 0) is 6.42 Å². The summed E-state index contributed by atoms with van der Waals surface area (Å²) in [6.07, 6.45) is 0.293. The minimum Gasteiger partial charge on any atom is -0.508 e. The molecule has 1 aromatic heterocycles. The molecule has 0 atom stereocenters. The maximum Gasteiger partial charge on any atom is 0.117 e. The van der Waals surface area contributed by atoms with Crippen molar-refractivity contribution in [1.29, 1.82) is 5.26 Å². The SMILES string of the molecule is N#CCc1cc(O)cc2sc(N)cc12. The van der Waals surface area contributed by atoms with Crippen molar-refractivity contribution in [1.82, 2.24) is 0 Å².